The highest BCUT2D eigenvalue weighted by Crippen LogP contribution is 2.24. The maximum atomic E-state index is 11.8. The van der Waals surface area contributed by atoms with Gasteiger partial charge in [0.2, 0.25) is 0 Å². The smallest absolute Gasteiger partial charge is 0.337 e. The van der Waals surface area contributed by atoms with Gasteiger partial charge in [-0.1, -0.05) is 37.9 Å². The molecule has 1 aromatic rings. The van der Waals surface area contributed by atoms with Gasteiger partial charge in [0.15, 0.2) is 11.9 Å². The van der Waals surface area contributed by atoms with Crippen LogP contribution in [0.2, 0.25) is 0 Å². The molecular weight excluding hydrogens is 356 g/mol. The molecule has 0 saturated carbocycles. The first kappa shape index (κ1) is 14.3. The minimum absolute atomic E-state index is 0.117. The van der Waals surface area contributed by atoms with Crippen molar-refractivity contribution in [3.8, 4) is 0 Å². The molecule has 0 aliphatic heterocycles. The van der Waals surface area contributed by atoms with Crippen LogP contribution in [0.5, 0.6) is 0 Å². The van der Waals surface area contributed by atoms with E-state index >= 15 is 0 Å². The number of carboxylic acid groups (broad SMARTS) is 1. The molecule has 0 bridgehead atoms. The van der Waals surface area contributed by atoms with Gasteiger partial charge in [0.05, 0.1) is 0 Å². The number of carbonyl (C=O) groups excluding carboxylic acids is 1. The number of carboxylic acids is 1. The summed E-state index contributed by atoms with van der Waals surface area (Å²) >= 11 is 6.35. The average molecular weight is 366 g/mol. The Morgan fingerprint density at radius 2 is 2.00 bits per heavy atom. The molecule has 1 unspecified atom stereocenters. The second kappa shape index (κ2) is 6.28. The summed E-state index contributed by atoms with van der Waals surface area (Å²) in [6, 6.07) is 4.54. The molecule has 1 rings (SSSR count). The molecule has 0 aromatic heterocycles. The van der Waals surface area contributed by atoms with Crippen molar-refractivity contribution in [1.82, 2.24) is 0 Å². The maximum Gasteiger partial charge on any atom is 0.337 e. The van der Waals surface area contributed by atoms with E-state index < -0.39 is 12.1 Å². The number of rotatable bonds is 5. The van der Waals surface area contributed by atoms with Crippen LogP contribution < -0.4 is 0 Å². The molecule has 0 aliphatic carbocycles. The third-order valence-corrected chi connectivity index (χ3v) is 3.06. The summed E-state index contributed by atoms with van der Waals surface area (Å²) in [4.78, 5) is 22.5. The predicted octanol–water partition coefficient (Wildman–Crippen LogP) is 2.53. The molecule has 6 heteroatoms. The maximum absolute atomic E-state index is 11.8. The lowest BCUT2D eigenvalue weighted by molar-refractivity contribution is -0.146. The Balaban J connectivity index is 3.21. The topological polar surface area (TPSA) is 74.6 Å². The van der Waals surface area contributed by atoms with Gasteiger partial charge in [0.25, 0.3) is 0 Å². The molecule has 0 spiro atoms. The molecule has 1 aromatic carbocycles. The molecule has 17 heavy (non-hydrogen) atoms. The number of alkyl halides is 1. The monoisotopic (exact) mass is 364 g/mol. The second-order valence-corrected chi connectivity index (χ2v) is 5.04. The second-order valence-electron chi connectivity index (χ2n) is 3.33. The molecule has 4 nitrogen and oxygen atoms in total. The van der Waals surface area contributed by atoms with Gasteiger partial charge >= 0.3 is 5.97 Å². The first-order valence-corrected chi connectivity index (χ1v) is 6.68. The molecule has 0 saturated heterocycles. The van der Waals surface area contributed by atoms with Crippen LogP contribution in [0.1, 0.15) is 28.4 Å². The van der Waals surface area contributed by atoms with Crippen LogP contribution in [0.3, 0.4) is 0 Å². The van der Waals surface area contributed by atoms with E-state index in [2.05, 4.69) is 31.9 Å². The third kappa shape index (κ3) is 3.62. The summed E-state index contributed by atoms with van der Waals surface area (Å²) in [6.07, 6.45) is -1.44. The number of aliphatic hydroxyl groups is 1. The highest BCUT2D eigenvalue weighted by molar-refractivity contribution is 9.10. The van der Waals surface area contributed by atoms with Gasteiger partial charge in [-0.05, 0) is 12.1 Å². The Morgan fingerprint density at radius 1 is 1.35 bits per heavy atom. The fraction of sp³-hybridized carbons (Fsp3) is 0.273. The van der Waals surface area contributed by atoms with Crippen LogP contribution in [-0.2, 0) is 4.79 Å². The van der Waals surface area contributed by atoms with Gasteiger partial charge in [0, 0.05) is 27.4 Å². The van der Waals surface area contributed by atoms with Crippen molar-refractivity contribution in [2.75, 3.05) is 5.33 Å². The fourth-order valence-corrected chi connectivity index (χ4v) is 2.08. The summed E-state index contributed by atoms with van der Waals surface area (Å²) in [5.41, 5.74) is 0.348. The number of halogens is 2. The largest absolute Gasteiger partial charge is 0.479 e. The Morgan fingerprint density at radius 3 is 2.53 bits per heavy atom. The van der Waals surface area contributed by atoms with Crippen molar-refractivity contribution >= 4 is 43.6 Å². The first-order valence-electron chi connectivity index (χ1n) is 4.77. The summed E-state index contributed by atoms with van der Waals surface area (Å²) in [5.74, 6) is -1.58. The Labute approximate surface area is 115 Å². The normalized spacial score (nSPS) is 12.2. The molecule has 0 aliphatic rings. The van der Waals surface area contributed by atoms with E-state index in [-0.39, 0.29) is 23.3 Å². The van der Waals surface area contributed by atoms with Crippen LogP contribution in [0, 0.1) is 0 Å². The zero-order chi connectivity index (χ0) is 13.0. The summed E-state index contributed by atoms with van der Waals surface area (Å²) < 4.78 is 0.664. The zero-order valence-corrected chi connectivity index (χ0v) is 11.9. The lowest BCUT2D eigenvalue weighted by Crippen LogP contribution is -2.15. The highest BCUT2D eigenvalue weighted by Gasteiger charge is 2.22. The van der Waals surface area contributed by atoms with Crippen molar-refractivity contribution in [2.45, 2.75) is 12.5 Å². The van der Waals surface area contributed by atoms with Crippen LogP contribution in [0.25, 0.3) is 0 Å². The summed E-state index contributed by atoms with van der Waals surface area (Å²) in [7, 11) is 0. The minimum Gasteiger partial charge on any atom is -0.479 e. The van der Waals surface area contributed by atoms with E-state index in [0.29, 0.717) is 9.80 Å². The molecule has 0 heterocycles. The number of hydrogen-bond acceptors (Lipinski definition) is 3. The van der Waals surface area contributed by atoms with Gasteiger partial charge in [0.1, 0.15) is 0 Å². The fourth-order valence-electron chi connectivity index (χ4n) is 1.36. The van der Waals surface area contributed by atoms with Gasteiger partial charge in [-0.15, -0.1) is 0 Å². The summed E-state index contributed by atoms with van der Waals surface area (Å²) in [5, 5.41) is 18.8. The van der Waals surface area contributed by atoms with E-state index in [9.17, 15) is 14.7 Å². The van der Waals surface area contributed by atoms with Crippen LogP contribution in [-0.4, -0.2) is 27.3 Å². The number of benzene rings is 1. The number of aliphatic carboxylic acids is 1. The van der Waals surface area contributed by atoms with E-state index in [1.807, 2.05) is 0 Å². The van der Waals surface area contributed by atoms with E-state index in [1.54, 1.807) is 6.07 Å². The molecule has 0 radical (unpaired) electrons. The number of Topliss-reactive ketones (excluding diaryl/α,β-unsaturated/α-hetero) is 1. The predicted molar refractivity (Wildman–Crippen MR) is 69.5 cm³/mol. The van der Waals surface area contributed by atoms with Crippen molar-refractivity contribution in [1.29, 1.82) is 0 Å². The van der Waals surface area contributed by atoms with Crippen LogP contribution in [0.15, 0.2) is 22.7 Å². The van der Waals surface area contributed by atoms with Crippen LogP contribution in [0.4, 0.5) is 0 Å². The highest BCUT2D eigenvalue weighted by atomic mass is 79.9. The standard InChI is InChI=1S/C11H10Br2O4/c12-4-3-9(14)8-5-6(13)1-2-7(8)10(15)11(16)17/h1-2,5,10,15H,3-4H2,(H,16,17). The lowest BCUT2D eigenvalue weighted by Gasteiger charge is -2.11. The van der Waals surface area contributed by atoms with E-state index in [1.165, 1.54) is 12.1 Å². The first-order chi connectivity index (χ1) is 7.97. The quantitative estimate of drug-likeness (QED) is 0.621. The molecule has 2 N–H and O–H groups in total. The third-order valence-electron chi connectivity index (χ3n) is 2.17. The van der Waals surface area contributed by atoms with Crippen molar-refractivity contribution < 1.29 is 19.8 Å². The number of aliphatic hydroxyl groups excluding tert-OH is 1. The Hall–Kier alpha value is -0.720. The minimum atomic E-state index is -1.68. The molecule has 0 fully saturated rings. The molecule has 1 atom stereocenters. The Kier molecular flexibility index (Phi) is 5.30. The number of ketones is 1. The molecule has 92 valence electrons. The number of carbonyl (C=O) groups is 2. The molecule has 0 amide bonds. The van der Waals surface area contributed by atoms with E-state index in [4.69, 9.17) is 5.11 Å². The lowest BCUT2D eigenvalue weighted by atomic mass is 9.98. The van der Waals surface area contributed by atoms with Crippen molar-refractivity contribution in [2.24, 2.45) is 0 Å². The van der Waals surface area contributed by atoms with Gasteiger partial charge in [-0.2, -0.15) is 0 Å². The van der Waals surface area contributed by atoms with Gasteiger partial charge in [-0.3, -0.25) is 4.79 Å². The molecular formula is C11H10Br2O4. The van der Waals surface area contributed by atoms with Gasteiger partial charge < -0.3 is 10.2 Å². The SMILES string of the molecule is O=C(CCBr)c1cc(Br)ccc1C(O)C(=O)O. The van der Waals surface area contributed by atoms with Crippen molar-refractivity contribution in [3.05, 3.63) is 33.8 Å². The zero-order valence-electron chi connectivity index (χ0n) is 8.69. The van der Waals surface area contributed by atoms with Crippen LogP contribution >= 0.6 is 31.9 Å². The van der Waals surface area contributed by atoms with Crippen molar-refractivity contribution in [3.63, 3.8) is 0 Å². The van der Waals surface area contributed by atoms with Gasteiger partial charge in [-0.25, -0.2) is 4.79 Å². The van der Waals surface area contributed by atoms with E-state index in [0.717, 1.165) is 0 Å². The Bertz CT molecular complexity index is 445. The number of hydrogen-bond donors (Lipinski definition) is 2. The summed E-state index contributed by atoms with van der Waals surface area (Å²) in [6.45, 7) is 0. The average Bonchev–Trinajstić information content (AvgIpc) is 2.28.